The van der Waals surface area contributed by atoms with Crippen LogP contribution >= 0.6 is 11.8 Å². The summed E-state index contributed by atoms with van der Waals surface area (Å²) >= 11 is 1.70. The molecule has 3 amide bonds. The lowest BCUT2D eigenvalue weighted by Gasteiger charge is -2.17. The molecular formula is C22H23N5O3S. The number of carbonyl (C=O) groups excluding carboxylic acids is 3. The zero-order valence-corrected chi connectivity index (χ0v) is 18.0. The smallest absolute Gasteiger partial charge is 0.251 e. The zero-order valence-electron chi connectivity index (χ0n) is 17.2. The Bertz CT molecular complexity index is 1100. The quantitative estimate of drug-likeness (QED) is 0.544. The van der Waals surface area contributed by atoms with E-state index in [-0.39, 0.29) is 43.1 Å². The molecule has 4 rings (SSSR count). The first kappa shape index (κ1) is 21.0. The molecule has 1 atom stereocenters. The Kier molecular flexibility index (Phi) is 6.31. The number of imide groups is 1. The second-order valence-corrected chi connectivity index (χ2v) is 8.35. The molecule has 3 heterocycles. The SMILES string of the molecule is CSCCC(NC(=O)c1ccc(CN2C(=O)CCC2=O)cc1)c1nnc2ccccn12. The molecule has 31 heavy (non-hydrogen) atoms. The van der Waals surface area contributed by atoms with Gasteiger partial charge in [0.2, 0.25) is 11.8 Å². The third kappa shape index (κ3) is 4.61. The van der Waals surface area contributed by atoms with E-state index in [2.05, 4.69) is 15.5 Å². The molecule has 3 aromatic rings. The van der Waals surface area contributed by atoms with Crippen molar-refractivity contribution < 1.29 is 14.4 Å². The Balaban J connectivity index is 1.48. The molecule has 0 bridgehead atoms. The van der Waals surface area contributed by atoms with Crippen molar-refractivity contribution in [2.24, 2.45) is 0 Å². The predicted octanol–water partition coefficient (Wildman–Crippen LogP) is 2.60. The summed E-state index contributed by atoms with van der Waals surface area (Å²) in [5.41, 5.74) is 2.05. The number of benzene rings is 1. The normalized spacial score (nSPS) is 14.9. The first-order valence-electron chi connectivity index (χ1n) is 10.1. The average Bonchev–Trinajstić information content (AvgIpc) is 3.35. The van der Waals surface area contributed by atoms with Crippen LogP contribution in [0.25, 0.3) is 5.65 Å². The van der Waals surface area contributed by atoms with E-state index >= 15 is 0 Å². The van der Waals surface area contributed by atoms with Gasteiger partial charge in [0.25, 0.3) is 5.91 Å². The van der Waals surface area contributed by atoms with Gasteiger partial charge in [0, 0.05) is 24.6 Å². The molecule has 9 heteroatoms. The van der Waals surface area contributed by atoms with E-state index in [4.69, 9.17) is 0 Å². The molecule has 1 N–H and O–H groups in total. The summed E-state index contributed by atoms with van der Waals surface area (Å²) in [6, 6.07) is 12.4. The van der Waals surface area contributed by atoms with Crippen LogP contribution in [-0.4, -0.2) is 49.2 Å². The van der Waals surface area contributed by atoms with Crippen LogP contribution < -0.4 is 5.32 Å². The largest absolute Gasteiger partial charge is 0.342 e. The van der Waals surface area contributed by atoms with Gasteiger partial charge < -0.3 is 5.32 Å². The van der Waals surface area contributed by atoms with E-state index in [1.165, 1.54) is 4.90 Å². The third-order valence-corrected chi connectivity index (χ3v) is 5.92. The fourth-order valence-electron chi connectivity index (χ4n) is 3.58. The highest BCUT2D eigenvalue weighted by atomic mass is 32.2. The van der Waals surface area contributed by atoms with Crippen molar-refractivity contribution in [2.45, 2.75) is 31.8 Å². The fourth-order valence-corrected chi connectivity index (χ4v) is 4.06. The molecule has 1 aliphatic rings. The van der Waals surface area contributed by atoms with Crippen LogP contribution in [-0.2, 0) is 16.1 Å². The van der Waals surface area contributed by atoms with Crippen molar-refractivity contribution >= 4 is 35.1 Å². The number of hydrogen-bond donors (Lipinski definition) is 1. The minimum atomic E-state index is -0.281. The summed E-state index contributed by atoms with van der Waals surface area (Å²) in [7, 11) is 0. The number of rotatable bonds is 8. The summed E-state index contributed by atoms with van der Waals surface area (Å²) in [4.78, 5) is 37.8. The van der Waals surface area contributed by atoms with Gasteiger partial charge in [0.15, 0.2) is 11.5 Å². The second-order valence-electron chi connectivity index (χ2n) is 7.37. The number of aromatic nitrogens is 3. The average molecular weight is 438 g/mol. The minimum Gasteiger partial charge on any atom is -0.342 e. The molecule has 1 fully saturated rings. The molecular weight excluding hydrogens is 414 g/mol. The number of nitrogens with zero attached hydrogens (tertiary/aromatic N) is 4. The fraction of sp³-hybridized carbons (Fsp3) is 0.318. The Labute approximate surface area is 184 Å². The number of likely N-dealkylation sites (tertiary alicyclic amines) is 1. The highest BCUT2D eigenvalue weighted by Crippen LogP contribution is 2.20. The number of amides is 3. The van der Waals surface area contributed by atoms with E-state index in [9.17, 15) is 14.4 Å². The highest BCUT2D eigenvalue weighted by molar-refractivity contribution is 7.98. The number of thioether (sulfide) groups is 1. The molecule has 160 valence electrons. The highest BCUT2D eigenvalue weighted by Gasteiger charge is 2.28. The standard InChI is InChI=1S/C22H23N5O3S/c1-31-13-11-17(21-25-24-18-4-2-3-12-26(18)21)23-22(30)16-7-5-15(6-8-16)14-27-19(28)9-10-20(27)29/h2-8,12,17H,9-11,13-14H2,1H3,(H,23,30). The maximum Gasteiger partial charge on any atom is 0.251 e. The minimum absolute atomic E-state index is 0.149. The summed E-state index contributed by atoms with van der Waals surface area (Å²) in [6.45, 7) is 0.238. The zero-order chi connectivity index (χ0) is 21.8. The molecule has 0 aliphatic carbocycles. The lowest BCUT2D eigenvalue weighted by atomic mass is 10.1. The monoisotopic (exact) mass is 437 g/mol. The van der Waals surface area contributed by atoms with Crippen molar-refractivity contribution in [3.05, 3.63) is 65.6 Å². The maximum atomic E-state index is 12.9. The first-order chi connectivity index (χ1) is 15.1. The third-order valence-electron chi connectivity index (χ3n) is 5.28. The number of nitrogens with one attached hydrogen (secondary N) is 1. The van der Waals surface area contributed by atoms with Crippen LogP contribution in [0.1, 0.15) is 47.1 Å². The molecule has 1 saturated heterocycles. The number of hydrogen-bond acceptors (Lipinski definition) is 6. The van der Waals surface area contributed by atoms with Crippen molar-refractivity contribution in [1.29, 1.82) is 0 Å². The van der Waals surface area contributed by atoms with Crippen molar-refractivity contribution in [3.8, 4) is 0 Å². The number of pyridine rings is 1. The molecule has 0 radical (unpaired) electrons. The van der Waals surface area contributed by atoms with Crippen LogP contribution in [0.3, 0.4) is 0 Å². The molecule has 1 unspecified atom stereocenters. The lowest BCUT2D eigenvalue weighted by Crippen LogP contribution is -2.30. The van der Waals surface area contributed by atoms with Gasteiger partial charge in [-0.1, -0.05) is 18.2 Å². The Morgan fingerprint density at radius 3 is 2.55 bits per heavy atom. The Hall–Kier alpha value is -3.20. The van der Waals surface area contributed by atoms with E-state index in [0.717, 1.165) is 23.4 Å². The van der Waals surface area contributed by atoms with Crippen molar-refractivity contribution in [2.75, 3.05) is 12.0 Å². The van der Waals surface area contributed by atoms with E-state index in [0.29, 0.717) is 11.4 Å². The summed E-state index contributed by atoms with van der Waals surface area (Å²) in [6.07, 6.45) is 5.18. The van der Waals surface area contributed by atoms with Crippen molar-refractivity contribution in [3.63, 3.8) is 0 Å². The van der Waals surface area contributed by atoms with Gasteiger partial charge in [0.05, 0.1) is 12.6 Å². The van der Waals surface area contributed by atoms with Gasteiger partial charge in [-0.15, -0.1) is 10.2 Å². The summed E-state index contributed by atoms with van der Waals surface area (Å²) in [5, 5.41) is 11.6. The molecule has 1 aromatic carbocycles. The van der Waals surface area contributed by atoms with E-state index in [1.807, 2.05) is 35.1 Å². The summed E-state index contributed by atoms with van der Waals surface area (Å²) < 4.78 is 1.89. The van der Waals surface area contributed by atoms with Crippen LogP contribution in [0.15, 0.2) is 48.7 Å². The lowest BCUT2D eigenvalue weighted by molar-refractivity contribution is -0.139. The topological polar surface area (TPSA) is 96.7 Å². The van der Waals surface area contributed by atoms with E-state index in [1.54, 1.807) is 36.0 Å². The van der Waals surface area contributed by atoms with Gasteiger partial charge >= 0.3 is 0 Å². The molecule has 0 spiro atoms. The maximum absolute atomic E-state index is 12.9. The second kappa shape index (κ2) is 9.30. The first-order valence-corrected chi connectivity index (χ1v) is 11.5. The van der Waals surface area contributed by atoms with Crippen molar-refractivity contribution in [1.82, 2.24) is 24.8 Å². The van der Waals surface area contributed by atoms with Gasteiger partial charge in [-0.05, 0) is 48.3 Å². The molecule has 0 saturated carbocycles. The van der Waals surface area contributed by atoms with Crippen LogP contribution in [0.5, 0.6) is 0 Å². The molecule has 2 aromatic heterocycles. The van der Waals surface area contributed by atoms with Crippen LogP contribution in [0, 0.1) is 0 Å². The Morgan fingerprint density at radius 1 is 1.10 bits per heavy atom. The van der Waals surface area contributed by atoms with Crippen LogP contribution in [0.2, 0.25) is 0 Å². The predicted molar refractivity (Wildman–Crippen MR) is 117 cm³/mol. The van der Waals surface area contributed by atoms with Gasteiger partial charge in [0.1, 0.15) is 0 Å². The van der Waals surface area contributed by atoms with Gasteiger partial charge in [-0.3, -0.25) is 23.7 Å². The molecule has 8 nitrogen and oxygen atoms in total. The summed E-state index contributed by atoms with van der Waals surface area (Å²) in [5.74, 6) is 1.05. The van der Waals surface area contributed by atoms with Gasteiger partial charge in [-0.2, -0.15) is 11.8 Å². The number of carbonyl (C=O) groups is 3. The molecule has 1 aliphatic heterocycles. The van der Waals surface area contributed by atoms with Gasteiger partial charge in [-0.25, -0.2) is 0 Å². The number of fused-ring (bicyclic) bond motifs is 1. The van der Waals surface area contributed by atoms with E-state index < -0.39 is 0 Å². The van der Waals surface area contributed by atoms with Crippen LogP contribution in [0.4, 0.5) is 0 Å². The Morgan fingerprint density at radius 2 is 1.84 bits per heavy atom.